The van der Waals surface area contributed by atoms with E-state index in [0.717, 1.165) is 17.9 Å². The van der Waals surface area contributed by atoms with E-state index in [1.807, 2.05) is 50.2 Å². The molecule has 0 amide bonds. The Morgan fingerprint density at radius 3 is 2.35 bits per heavy atom. The Balaban J connectivity index is 2.58. The van der Waals surface area contributed by atoms with Crippen LogP contribution in [0.4, 0.5) is 0 Å². The summed E-state index contributed by atoms with van der Waals surface area (Å²) in [6.45, 7) is 3.88. The van der Waals surface area contributed by atoms with Crippen LogP contribution in [0, 0.1) is 0 Å². The number of nitrogens with two attached hydrogens (primary N) is 1. The Labute approximate surface area is 103 Å². The quantitative estimate of drug-likeness (QED) is 0.730. The van der Waals surface area contributed by atoms with Crippen LogP contribution in [0.2, 0.25) is 0 Å². The van der Waals surface area contributed by atoms with Crippen LogP contribution < -0.4 is 10.5 Å². The Morgan fingerprint density at radius 2 is 1.88 bits per heavy atom. The van der Waals surface area contributed by atoms with Gasteiger partial charge in [0.2, 0.25) is 6.29 Å². The fourth-order valence-electron chi connectivity index (χ4n) is 1.46. The fraction of sp³-hybridized carbons (Fsp3) is 0.538. The standard InChI is InChI=1S/C13H22N2O2/c1-4-16-13(10-15(2)3)17-12-7-5-11(9-14)6-8-12/h5-8,13H,4,9-10,14H2,1-3H3. The van der Waals surface area contributed by atoms with Crippen molar-refractivity contribution in [2.24, 2.45) is 5.73 Å². The smallest absolute Gasteiger partial charge is 0.212 e. The molecule has 4 nitrogen and oxygen atoms in total. The van der Waals surface area contributed by atoms with Crippen molar-refractivity contribution in [3.8, 4) is 5.75 Å². The first-order chi connectivity index (χ1) is 8.15. The lowest BCUT2D eigenvalue weighted by molar-refractivity contribution is -0.0858. The molecule has 0 aliphatic heterocycles. The van der Waals surface area contributed by atoms with E-state index < -0.39 is 0 Å². The summed E-state index contributed by atoms with van der Waals surface area (Å²) in [5.74, 6) is 0.808. The molecular weight excluding hydrogens is 216 g/mol. The highest BCUT2D eigenvalue weighted by Gasteiger charge is 2.11. The van der Waals surface area contributed by atoms with E-state index in [1.54, 1.807) is 0 Å². The Bertz CT molecular complexity index is 312. The van der Waals surface area contributed by atoms with Crippen molar-refractivity contribution in [3.63, 3.8) is 0 Å². The zero-order valence-electron chi connectivity index (χ0n) is 10.8. The maximum atomic E-state index is 5.76. The van der Waals surface area contributed by atoms with Gasteiger partial charge in [0.05, 0.1) is 6.54 Å². The van der Waals surface area contributed by atoms with Crippen LogP contribution in [-0.2, 0) is 11.3 Å². The molecule has 1 aromatic carbocycles. The maximum absolute atomic E-state index is 5.76. The lowest BCUT2D eigenvalue weighted by Gasteiger charge is -2.22. The van der Waals surface area contributed by atoms with Crippen molar-refractivity contribution in [1.29, 1.82) is 0 Å². The van der Waals surface area contributed by atoms with Crippen LogP contribution >= 0.6 is 0 Å². The third-order valence-electron chi connectivity index (χ3n) is 2.29. The molecule has 0 radical (unpaired) electrons. The highest BCUT2D eigenvalue weighted by atomic mass is 16.7. The highest BCUT2D eigenvalue weighted by molar-refractivity contribution is 5.27. The number of likely N-dealkylation sites (N-methyl/N-ethyl adjacent to an activating group) is 1. The third-order valence-corrected chi connectivity index (χ3v) is 2.29. The fourth-order valence-corrected chi connectivity index (χ4v) is 1.46. The minimum atomic E-state index is -0.237. The Morgan fingerprint density at radius 1 is 1.24 bits per heavy atom. The van der Waals surface area contributed by atoms with Gasteiger partial charge in [0.15, 0.2) is 0 Å². The zero-order valence-corrected chi connectivity index (χ0v) is 10.8. The normalized spacial score (nSPS) is 12.8. The molecule has 4 heteroatoms. The average Bonchev–Trinajstić information content (AvgIpc) is 2.29. The predicted molar refractivity (Wildman–Crippen MR) is 68.9 cm³/mol. The minimum Gasteiger partial charge on any atom is -0.464 e. The van der Waals surface area contributed by atoms with Crippen LogP contribution in [0.3, 0.4) is 0 Å². The van der Waals surface area contributed by atoms with E-state index in [0.29, 0.717) is 13.2 Å². The van der Waals surface area contributed by atoms with E-state index in [4.69, 9.17) is 15.2 Å². The summed E-state index contributed by atoms with van der Waals surface area (Å²) in [6, 6.07) is 7.77. The molecular formula is C13H22N2O2. The summed E-state index contributed by atoms with van der Waals surface area (Å²) < 4.78 is 11.3. The van der Waals surface area contributed by atoms with Crippen molar-refractivity contribution in [2.75, 3.05) is 27.2 Å². The SMILES string of the molecule is CCOC(CN(C)C)Oc1ccc(CN)cc1. The molecule has 17 heavy (non-hydrogen) atoms. The van der Waals surface area contributed by atoms with Gasteiger partial charge in [-0.05, 0) is 38.7 Å². The molecule has 0 aromatic heterocycles. The number of rotatable bonds is 7. The molecule has 0 heterocycles. The van der Waals surface area contributed by atoms with Gasteiger partial charge in [0.1, 0.15) is 5.75 Å². The minimum absolute atomic E-state index is 0.237. The van der Waals surface area contributed by atoms with Gasteiger partial charge < -0.3 is 20.1 Å². The van der Waals surface area contributed by atoms with Crippen molar-refractivity contribution < 1.29 is 9.47 Å². The molecule has 1 atom stereocenters. The molecule has 96 valence electrons. The van der Waals surface area contributed by atoms with Gasteiger partial charge in [-0.15, -0.1) is 0 Å². The number of ether oxygens (including phenoxy) is 2. The van der Waals surface area contributed by atoms with Crippen LogP contribution in [-0.4, -0.2) is 38.4 Å². The number of hydrogen-bond donors (Lipinski definition) is 1. The van der Waals surface area contributed by atoms with Gasteiger partial charge in [-0.3, -0.25) is 0 Å². The molecule has 1 unspecified atom stereocenters. The maximum Gasteiger partial charge on any atom is 0.212 e. The first-order valence-electron chi connectivity index (χ1n) is 5.87. The van der Waals surface area contributed by atoms with E-state index >= 15 is 0 Å². The summed E-state index contributed by atoms with van der Waals surface area (Å²) >= 11 is 0. The van der Waals surface area contributed by atoms with Crippen molar-refractivity contribution in [3.05, 3.63) is 29.8 Å². The monoisotopic (exact) mass is 238 g/mol. The first kappa shape index (κ1) is 14.0. The van der Waals surface area contributed by atoms with E-state index in [1.165, 1.54) is 0 Å². The van der Waals surface area contributed by atoms with Crippen LogP contribution in [0.15, 0.2) is 24.3 Å². The summed E-state index contributed by atoms with van der Waals surface area (Å²) in [7, 11) is 3.99. The molecule has 2 N–H and O–H groups in total. The van der Waals surface area contributed by atoms with Gasteiger partial charge in [0.25, 0.3) is 0 Å². The Kier molecular flexibility index (Phi) is 5.97. The second-order valence-electron chi connectivity index (χ2n) is 4.11. The van der Waals surface area contributed by atoms with Crippen LogP contribution in [0.1, 0.15) is 12.5 Å². The lowest BCUT2D eigenvalue weighted by atomic mass is 10.2. The van der Waals surface area contributed by atoms with Gasteiger partial charge in [0, 0.05) is 13.2 Å². The molecule has 1 aromatic rings. The lowest BCUT2D eigenvalue weighted by Crippen LogP contribution is -2.33. The van der Waals surface area contributed by atoms with Crippen LogP contribution in [0.5, 0.6) is 5.75 Å². The molecule has 0 spiro atoms. The van der Waals surface area contributed by atoms with E-state index in [-0.39, 0.29) is 6.29 Å². The average molecular weight is 238 g/mol. The topological polar surface area (TPSA) is 47.7 Å². The van der Waals surface area contributed by atoms with Crippen molar-refractivity contribution in [1.82, 2.24) is 4.90 Å². The summed E-state index contributed by atoms with van der Waals surface area (Å²) in [6.07, 6.45) is -0.237. The first-order valence-corrected chi connectivity index (χ1v) is 5.87. The predicted octanol–water partition coefficient (Wildman–Crippen LogP) is 1.45. The molecule has 0 fully saturated rings. The molecule has 0 bridgehead atoms. The summed E-state index contributed by atoms with van der Waals surface area (Å²) in [5.41, 5.74) is 6.64. The molecule has 0 aliphatic carbocycles. The van der Waals surface area contributed by atoms with E-state index in [2.05, 4.69) is 0 Å². The highest BCUT2D eigenvalue weighted by Crippen LogP contribution is 2.14. The van der Waals surface area contributed by atoms with Crippen molar-refractivity contribution in [2.45, 2.75) is 19.8 Å². The van der Waals surface area contributed by atoms with Crippen LogP contribution in [0.25, 0.3) is 0 Å². The third kappa shape index (κ3) is 5.17. The molecule has 0 saturated heterocycles. The summed E-state index contributed by atoms with van der Waals surface area (Å²) in [5, 5.41) is 0. The van der Waals surface area contributed by atoms with Gasteiger partial charge in [-0.1, -0.05) is 12.1 Å². The Hall–Kier alpha value is -1.10. The molecule has 0 aliphatic rings. The number of hydrogen-bond acceptors (Lipinski definition) is 4. The molecule has 0 saturated carbocycles. The number of benzene rings is 1. The second kappa shape index (κ2) is 7.27. The van der Waals surface area contributed by atoms with Gasteiger partial charge in [-0.2, -0.15) is 0 Å². The van der Waals surface area contributed by atoms with E-state index in [9.17, 15) is 0 Å². The van der Waals surface area contributed by atoms with Gasteiger partial charge in [-0.25, -0.2) is 0 Å². The molecule has 1 rings (SSSR count). The van der Waals surface area contributed by atoms with Gasteiger partial charge >= 0.3 is 0 Å². The second-order valence-corrected chi connectivity index (χ2v) is 4.11. The number of nitrogens with zero attached hydrogens (tertiary/aromatic N) is 1. The largest absolute Gasteiger partial charge is 0.464 e. The van der Waals surface area contributed by atoms with Crippen molar-refractivity contribution >= 4 is 0 Å². The summed E-state index contributed by atoms with van der Waals surface area (Å²) in [4.78, 5) is 2.04. The zero-order chi connectivity index (χ0) is 12.7.